The number of likely N-dealkylation sites (tertiary alicyclic amines) is 1. The second-order valence-electron chi connectivity index (χ2n) is 12.6. The number of unbranched alkanes of at least 4 members (excludes halogenated alkanes) is 1. The fourth-order valence-electron chi connectivity index (χ4n) is 6.31. The van der Waals surface area contributed by atoms with Crippen LogP contribution in [0.25, 0.3) is 0 Å². The van der Waals surface area contributed by atoms with Gasteiger partial charge in [-0.25, -0.2) is 9.37 Å². The molecule has 1 amide bonds. The van der Waals surface area contributed by atoms with Crippen molar-refractivity contribution in [1.82, 2.24) is 20.1 Å². The Morgan fingerprint density at radius 1 is 1.09 bits per heavy atom. The largest absolute Gasteiger partial charge is 0.481 e. The molecule has 0 radical (unpaired) electrons. The maximum Gasteiger partial charge on any atom is 0.314 e. The average molecular weight is 643 g/mol. The minimum Gasteiger partial charge on any atom is -0.481 e. The number of Topliss-reactive ketones (excluding diaryl/α,β-unsaturated/α-hetero) is 1. The number of hydrogen-bond donors (Lipinski definition) is 2. The van der Waals surface area contributed by atoms with Crippen molar-refractivity contribution in [2.75, 3.05) is 6.54 Å². The number of β-lactam (4-membered cyclic amide) rings is 1. The van der Waals surface area contributed by atoms with Crippen molar-refractivity contribution < 1.29 is 23.9 Å². The van der Waals surface area contributed by atoms with E-state index in [0.717, 1.165) is 61.0 Å². The van der Waals surface area contributed by atoms with E-state index in [-0.39, 0.29) is 35.4 Å². The highest BCUT2D eigenvalue weighted by atomic mass is 19.1. The lowest BCUT2D eigenvalue weighted by Crippen LogP contribution is -2.54. The number of carboxylic acids is 1. The number of nitrogens with zero attached hydrogens (tertiary/aromatic N) is 3. The second kappa shape index (κ2) is 17.5. The molecular weight excluding hydrogens is 595 g/mol. The highest BCUT2D eigenvalue weighted by Gasteiger charge is 2.46. The predicted molar refractivity (Wildman–Crippen MR) is 180 cm³/mol. The first-order chi connectivity index (χ1) is 22.7. The molecule has 2 N–H and O–H groups in total. The first kappa shape index (κ1) is 35.5. The Morgan fingerprint density at radius 2 is 1.83 bits per heavy atom. The van der Waals surface area contributed by atoms with Crippen LogP contribution in [0.3, 0.4) is 0 Å². The fourth-order valence-corrected chi connectivity index (χ4v) is 6.31. The molecule has 1 aliphatic rings. The summed E-state index contributed by atoms with van der Waals surface area (Å²) < 4.78 is 13.5. The van der Waals surface area contributed by atoms with Crippen LogP contribution in [0.1, 0.15) is 100 Å². The second-order valence-corrected chi connectivity index (χ2v) is 12.6. The van der Waals surface area contributed by atoms with E-state index in [1.807, 2.05) is 29.2 Å². The number of H-pyrrole nitrogens is 1. The van der Waals surface area contributed by atoms with Gasteiger partial charge in [-0.15, -0.1) is 0 Å². The number of amides is 1. The van der Waals surface area contributed by atoms with E-state index in [4.69, 9.17) is 0 Å². The molecule has 0 saturated carbocycles. The molecule has 0 bridgehead atoms. The van der Waals surface area contributed by atoms with Crippen molar-refractivity contribution in [3.05, 3.63) is 107 Å². The summed E-state index contributed by atoms with van der Waals surface area (Å²) in [5.74, 6) is -1.58. The number of rotatable bonds is 19. The van der Waals surface area contributed by atoms with Crippen LogP contribution in [-0.4, -0.2) is 49.4 Å². The molecular formula is C38H47FN4O4. The molecule has 1 aliphatic heterocycles. The summed E-state index contributed by atoms with van der Waals surface area (Å²) in [7, 11) is 0. The van der Waals surface area contributed by atoms with Crippen molar-refractivity contribution in [1.29, 1.82) is 0 Å². The van der Waals surface area contributed by atoms with Gasteiger partial charge < -0.3 is 10.0 Å². The molecule has 9 heteroatoms. The van der Waals surface area contributed by atoms with Crippen LogP contribution in [0.5, 0.6) is 0 Å². The Morgan fingerprint density at radius 3 is 2.47 bits per heavy atom. The number of allylic oxidation sites excluding steroid dienone is 3. The molecule has 2 heterocycles. The first-order valence-electron chi connectivity index (χ1n) is 16.8. The maximum atomic E-state index is 13.6. The van der Waals surface area contributed by atoms with Crippen molar-refractivity contribution in [3.63, 3.8) is 0 Å². The summed E-state index contributed by atoms with van der Waals surface area (Å²) in [5.41, 5.74) is 4.40. The summed E-state index contributed by atoms with van der Waals surface area (Å²) in [5, 5.41) is 16.2. The van der Waals surface area contributed by atoms with Crippen LogP contribution >= 0.6 is 0 Å². The number of hydrogen-bond acceptors (Lipinski definition) is 5. The number of aryl methyl sites for hydroxylation is 2. The Hall–Kier alpha value is -4.40. The van der Waals surface area contributed by atoms with Crippen LogP contribution in [-0.2, 0) is 27.2 Å². The average Bonchev–Trinajstić information content (AvgIpc) is 3.58. The third-order valence-corrected chi connectivity index (χ3v) is 9.18. The summed E-state index contributed by atoms with van der Waals surface area (Å²) in [6.07, 6.45) is 14.7. The van der Waals surface area contributed by atoms with Crippen molar-refractivity contribution in [2.45, 2.75) is 90.5 Å². The van der Waals surface area contributed by atoms with Crippen molar-refractivity contribution in [3.8, 4) is 0 Å². The van der Waals surface area contributed by atoms with Gasteiger partial charge in [0.2, 0.25) is 5.91 Å². The monoisotopic (exact) mass is 642 g/mol. The normalized spacial score (nSPS) is 17.9. The number of carboxylic acid groups (broad SMARTS) is 1. The summed E-state index contributed by atoms with van der Waals surface area (Å²) >= 11 is 0. The number of carbonyl (C=O) groups is 3. The van der Waals surface area contributed by atoms with Gasteiger partial charge >= 0.3 is 5.97 Å². The third-order valence-electron chi connectivity index (χ3n) is 9.18. The third kappa shape index (κ3) is 10.0. The lowest BCUT2D eigenvalue weighted by molar-refractivity contribution is -0.156. The number of aromatic amines is 1. The lowest BCUT2D eigenvalue weighted by atomic mass is 9.77. The Bertz CT molecular complexity index is 1500. The quantitative estimate of drug-likeness (QED) is 0.0792. The molecule has 8 nitrogen and oxygen atoms in total. The van der Waals surface area contributed by atoms with Gasteiger partial charge in [-0.1, -0.05) is 80.5 Å². The molecule has 0 aliphatic carbocycles. The zero-order valence-corrected chi connectivity index (χ0v) is 27.7. The number of aliphatic carboxylic acids is 1. The molecule has 250 valence electrons. The van der Waals surface area contributed by atoms with Gasteiger partial charge in [0.05, 0.1) is 12.0 Å². The van der Waals surface area contributed by atoms with E-state index in [1.165, 1.54) is 31.0 Å². The number of carbonyl (C=O) groups excluding carboxylic acids is 2. The first-order valence-corrected chi connectivity index (χ1v) is 16.8. The SMILES string of the molecule is CCCC=C(C=CCN1C(=O)C(CCC(C)c2ccc(F)cc2)C1c1ccc(CCCC(C(C)=O)C(=O)O)cc1)CCc1ncn[nH]1. The van der Waals surface area contributed by atoms with Crippen molar-refractivity contribution >= 4 is 17.7 Å². The van der Waals surface area contributed by atoms with Gasteiger partial charge in [0.25, 0.3) is 0 Å². The van der Waals surface area contributed by atoms with E-state index in [0.29, 0.717) is 25.8 Å². The van der Waals surface area contributed by atoms with Crippen molar-refractivity contribution in [2.24, 2.45) is 11.8 Å². The van der Waals surface area contributed by atoms with E-state index in [2.05, 4.69) is 59.4 Å². The lowest BCUT2D eigenvalue weighted by Gasteiger charge is -2.47. The number of halogens is 1. The van der Waals surface area contributed by atoms with E-state index in [1.54, 1.807) is 0 Å². The highest BCUT2D eigenvalue weighted by Crippen LogP contribution is 2.44. The summed E-state index contributed by atoms with van der Waals surface area (Å²) in [6, 6.07) is 14.8. The number of aromatic nitrogens is 3. The zero-order chi connectivity index (χ0) is 33.8. The predicted octanol–water partition coefficient (Wildman–Crippen LogP) is 7.56. The van der Waals surface area contributed by atoms with Crippen LogP contribution in [0.2, 0.25) is 0 Å². The maximum absolute atomic E-state index is 13.6. The minimum atomic E-state index is -1.07. The molecule has 1 saturated heterocycles. The number of benzene rings is 2. The Labute approximate surface area is 277 Å². The number of ketones is 1. The standard InChI is InChI=1S/C38H47FN4O4/c1-4-5-8-28(15-23-35-40-25-41-42-35)10-7-24-43-36(34(37(43)45)22-12-26(2)30-18-20-32(39)21-19-30)31-16-13-29(14-17-31)9-6-11-33(27(3)44)38(46)47/h7-8,10,13-14,16-21,25-26,33-34,36H,4-6,9,11-12,15,22-24H2,1-3H3,(H,46,47)(H,40,41,42). The van der Waals surface area contributed by atoms with Gasteiger partial charge in [-0.3, -0.25) is 19.5 Å². The van der Waals surface area contributed by atoms with E-state index in [9.17, 15) is 23.9 Å². The van der Waals surface area contributed by atoms with E-state index >= 15 is 0 Å². The molecule has 47 heavy (non-hydrogen) atoms. The van der Waals surface area contributed by atoms with Crippen LogP contribution in [0, 0.1) is 17.7 Å². The summed E-state index contributed by atoms with van der Waals surface area (Å²) in [6.45, 7) is 6.10. The fraction of sp³-hybridized carbons (Fsp3) is 0.447. The van der Waals surface area contributed by atoms with Crippen LogP contribution < -0.4 is 0 Å². The van der Waals surface area contributed by atoms with Gasteiger partial charge in [0, 0.05) is 13.0 Å². The molecule has 1 fully saturated rings. The molecule has 4 unspecified atom stereocenters. The Balaban J connectivity index is 1.45. The molecule has 4 atom stereocenters. The molecule has 0 spiro atoms. The van der Waals surface area contributed by atoms with Gasteiger partial charge in [-0.05, 0) is 86.6 Å². The Kier molecular flexibility index (Phi) is 13.2. The van der Waals surface area contributed by atoms with Crippen LogP contribution in [0.15, 0.2) is 78.7 Å². The zero-order valence-electron chi connectivity index (χ0n) is 27.7. The minimum absolute atomic E-state index is 0.0620. The highest BCUT2D eigenvalue weighted by molar-refractivity contribution is 5.96. The molecule has 2 aromatic carbocycles. The molecule has 3 aromatic rings. The summed E-state index contributed by atoms with van der Waals surface area (Å²) in [4.78, 5) is 42.8. The number of nitrogens with one attached hydrogen (secondary N) is 1. The molecule has 4 rings (SSSR count). The van der Waals surface area contributed by atoms with Gasteiger partial charge in [0.15, 0.2) is 0 Å². The van der Waals surface area contributed by atoms with Crippen LogP contribution in [0.4, 0.5) is 4.39 Å². The van der Waals surface area contributed by atoms with Gasteiger partial charge in [-0.2, -0.15) is 5.10 Å². The van der Waals surface area contributed by atoms with Gasteiger partial charge in [0.1, 0.15) is 29.7 Å². The molecule has 1 aromatic heterocycles. The topological polar surface area (TPSA) is 116 Å². The van der Waals surface area contributed by atoms with E-state index < -0.39 is 11.9 Å². The smallest absolute Gasteiger partial charge is 0.314 e.